The van der Waals surface area contributed by atoms with E-state index < -0.39 is 0 Å². The molecule has 0 N–H and O–H groups in total. The van der Waals surface area contributed by atoms with Crippen LogP contribution in [0.3, 0.4) is 0 Å². The lowest BCUT2D eigenvalue weighted by atomic mass is 10.2. The highest BCUT2D eigenvalue weighted by molar-refractivity contribution is 5.61. The SMILES string of the molecule is c1cc(-c2ncc(-c3ccc(OCCCCC4OCO4)cc3)o2)ccn1. The number of unbranched alkanes of at least 4 members (excludes halogenated alkanes) is 1. The highest BCUT2D eigenvalue weighted by Gasteiger charge is 2.17. The van der Waals surface area contributed by atoms with E-state index in [1.54, 1.807) is 18.6 Å². The fourth-order valence-electron chi connectivity index (χ4n) is 2.68. The summed E-state index contributed by atoms with van der Waals surface area (Å²) in [7, 11) is 0. The van der Waals surface area contributed by atoms with Crippen molar-refractivity contribution in [3.05, 3.63) is 55.0 Å². The van der Waals surface area contributed by atoms with Gasteiger partial charge in [-0.05, 0) is 55.7 Å². The summed E-state index contributed by atoms with van der Waals surface area (Å²) < 4.78 is 22.0. The fraction of sp³-hybridized carbons (Fsp3) is 0.300. The second-order valence-corrected chi connectivity index (χ2v) is 6.01. The molecule has 3 heterocycles. The molecule has 1 aliphatic heterocycles. The molecule has 0 radical (unpaired) electrons. The first kappa shape index (κ1) is 16.8. The molecule has 6 nitrogen and oxygen atoms in total. The fourth-order valence-corrected chi connectivity index (χ4v) is 2.68. The maximum Gasteiger partial charge on any atom is 0.226 e. The molecule has 3 aromatic rings. The van der Waals surface area contributed by atoms with Gasteiger partial charge in [0.2, 0.25) is 5.89 Å². The Hall–Kier alpha value is -2.70. The number of benzene rings is 1. The molecule has 2 aromatic heterocycles. The van der Waals surface area contributed by atoms with Crippen molar-refractivity contribution < 1.29 is 18.6 Å². The smallest absolute Gasteiger partial charge is 0.226 e. The van der Waals surface area contributed by atoms with E-state index in [0.717, 1.165) is 41.9 Å². The standard InChI is InChI=1S/C20H20N2O4/c1(3-19-24-14-25-19)2-12-23-17-6-4-15(5-7-17)18-13-22-20(26-18)16-8-10-21-11-9-16/h4-11,13,19H,1-3,12,14H2. The second kappa shape index (κ2) is 8.12. The molecule has 0 aliphatic carbocycles. The number of rotatable bonds is 8. The number of oxazole rings is 1. The van der Waals surface area contributed by atoms with Crippen molar-refractivity contribution in [3.8, 4) is 28.5 Å². The van der Waals surface area contributed by atoms with Gasteiger partial charge < -0.3 is 18.6 Å². The number of hydrogen-bond acceptors (Lipinski definition) is 6. The zero-order valence-corrected chi connectivity index (χ0v) is 14.3. The Labute approximate surface area is 151 Å². The summed E-state index contributed by atoms with van der Waals surface area (Å²) in [5, 5.41) is 0. The van der Waals surface area contributed by atoms with Crippen LogP contribution in [0.15, 0.2) is 59.4 Å². The second-order valence-electron chi connectivity index (χ2n) is 6.01. The van der Waals surface area contributed by atoms with E-state index in [9.17, 15) is 0 Å². The summed E-state index contributed by atoms with van der Waals surface area (Å²) in [6, 6.07) is 11.6. The van der Waals surface area contributed by atoms with E-state index in [-0.39, 0.29) is 6.29 Å². The average Bonchev–Trinajstić information content (AvgIpc) is 3.14. The van der Waals surface area contributed by atoms with Crippen molar-refractivity contribution in [1.82, 2.24) is 9.97 Å². The van der Waals surface area contributed by atoms with Crippen LogP contribution >= 0.6 is 0 Å². The lowest BCUT2D eigenvalue weighted by molar-refractivity contribution is -0.322. The van der Waals surface area contributed by atoms with E-state index in [4.69, 9.17) is 18.6 Å². The molecule has 1 aromatic carbocycles. The average molecular weight is 352 g/mol. The van der Waals surface area contributed by atoms with Crippen LogP contribution < -0.4 is 4.74 Å². The number of ether oxygens (including phenoxy) is 3. The van der Waals surface area contributed by atoms with E-state index in [1.165, 1.54) is 0 Å². The normalized spacial score (nSPS) is 14.2. The first-order valence-electron chi connectivity index (χ1n) is 8.71. The predicted octanol–water partition coefficient (Wildman–Crippen LogP) is 4.28. The third-order valence-corrected chi connectivity index (χ3v) is 4.18. The van der Waals surface area contributed by atoms with Gasteiger partial charge in [-0.3, -0.25) is 4.98 Å². The summed E-state index contributed by atoms with van der Waals surface area (Å²) in [6.45, 7) is 1.11. The Morgan fingerprint density at radius 1 is 0.962 bits per heavy atom. The molecule has 0 bridgehead atoms. The number of aromatic nitrogens is 2. The van der Waals surface area contributed by atoms with Crippen LogP contribution in [0.25, 0.3) is 22.8 Å². The van der Waals surface area contributed by atoms with Gasteiger partial charge in [0.05, 0.1) is 12.8 Å². The van der Waals surface area contributed by atoms with Crippen LogP contribution in [0.5, 0.6) is 5.75 Å². The highest BCUT2D eigenvalue weighted by atomic mass is 16.8. The molecule has 134 valence electrons. The van der Waals surface area contributed by atoms with Gasteiger partial charge in [0, 0.05) is 23.5 Å². The van der Waals surface area contributed by atoms with E-state index in [1.807, 2.05) is 36.4 Å². The monoisotopic (exact) mass is 352 g/mol. The molecule has 6 heteroatoms. The Balaban J connectivity index is 1.29. The molecule has 26 heavy (non-hydrogen) atoms. The maximum absolute atomic E-state index is 5.84. The molecule has 1 fully saturated rings. The van der Waals surface area contributed by atoms with Crippen molar-refractivity contribution >= 4 is 0 Å². The summed E-state index contributed by atoms with van der Waals surface area (Å²) in [4.78, 5) is 8.34. The molecule has 0 unspecified atom stereocenters. The molecule has 0 spiro atoms. The Kier molecular flexibility index (Phi) is 5.23. The molecular weight excluding hydrogens is 332 g/mol. The quantitative estimate of drug-likeness (QED) is 0.564. The lowest BCUT2D eigenvalue weighted by Crippen LogP contribution is -2.30. The molecule has 4 rings (SSSR count). The van der Waals surface area contributed by atoms with Gasteiger partial charge in [0.25, 0.3) is 0 Å². The van der Waals surface area contributed by atoms with Gasteiger partial charge in [-0.15, -0.1) is 0 Å². The van der Waals surface area contributed by atoms with Crippen LogP contribution in [-0.2, 0) is 9.47 Å². The van der Waals surface area contributed by atoms with Gasteiger partial charge in [-0.2, -0.15) is 0 Å². The zero-order valence-electron chi connectivity index (χ0n) is 14.3. The summed E-state index contributed by atoms with van der Waals surface area (Å²) in [6.07, 6.45) is 8.09. The molecule has 0 saturated carbocycles. The molecule has 1 saturated heterocycles. The van der Waals surface area contributed by atoms with E-state index in [2.05, 4.69) is 9.97 Å². The zero-order chi connectivity index (χ0) is 17.6. The number of pyridine rings is 1. The first-order valence-corrected chi connectivity index (χ1v) is 8.71. The van der Waals surface area contributed by atoms with Gasteiger partial charge in [-0.25, -0.2) is 4.98 Å². The van der Waals surface area contributed by atoms with E-state index in [0.29, 0.717) is 19.3 Å². The molecule has 0 atom stereocenters. The van der Waals surface area contributed by atoms with Crippen molar-refractivity contribution in [2.24, 2.45) is 0 Å². The number of nitrogens with zero attached hydrogens (tertiary/aromatic N) is 2. The minimum absolute atomic E-state index is 0.00627. The molecule has 0 amide bonds. The Morgan fingerprint density at radius 2 is 1.77 bits per heavy atom. The largest absolute Gasteiger partial charge is 0.494 e. The van der Waals surface area contributed by atoms with Crippen LogP contribution in [0.4, 0.5) is 0 Å². The molecular formula is C20H20N2O4. The number of hydrogen-bond donors (Lipinski definition) is 0. The van der Waals surface area contributed by atoms with Gasteiger partial charge in [-0.1, -0.05) is 0 Å². The third kappa shape index (κ3) is 4.09. The van der Waals surface area contributed by atoms with Gasteiger partial charge >= 0.3 is 0 Å². The van der Waals surface area contributed by atoms with E-state index >= 15 is 0 Å². The van der Waals surface area contributed by atoms with Crippen molar-refractivity contribution in [3.63, 3.8) is 0 Å². The lowest BCUT2D eigenvalue weighted by Gasteiger charge is -2.26. The Bertz CT molecular complexity index is 813. The summed E-state index contributed by atoms with van der Waals surface area (Å²) in [5.74, 6) is 2.16. The van der Waals surface area contributed by atoms with Crippen LogP contribution in [0, 0.1) is 0 Å². The minimum atomic E-state index is -0.00627. The molecule has 1 aliphatic rings. The third-order valence-electron chi connectivity index (χ3n) is 4.18. The van der Waals surface area contributed by atoms with Crippen molar-refractivity contribution in [2.75, 3.05) is 13.4 Å². The summed E-state index contributed by atoms with van der Waals surface area (Å²) >= 11 is 0. The van der Waals surface area contributed by atoms with Crippen LogP contribution in [0.1, 0.15) is 19.3 Å². The van der Waals surface area contributed by atoms with Gasteiger partial charge in [0.1, 0.15) is 5.75 Å². The van der Waals surface area contributed by atoms with Crippen molar-refractivity contribution in [2.45, 2.75) is 25.6 Å². The highest BCUT2D eigenvalue weighted by Crippen LogP contribution is 2.27. The summed E-state index contributed by atoms with van der Waals surface area (Å²) in [5.41, 5.74) is 1.87. The Morgan fingerprint density at radius 3 is 2.50 bits per heavy atom. The van der Waals surface area contributed by atoms with Crippen molar-refractivity contribution in [1.29, 1.82) is 0 Å². The first-order chi connectivity index (χ1) is 12.9. The maximum atomic E-state index is 5.84. The minimum Gasteiger partial charge on any atom is -0.494 e. The topological polar surface area (TPSA) is 66.6 Å². The van der Waals surface area contributed by atoms with Gasteiger partial charge in [0.15, 0.2) is 18.8 Å². The van der Waals surface area contributed by atoms with Crippen LogP contribution in [0.2, 0.25) is 0 Å². The predicted molar refractivity (Wildman–Crippen MR) is 95.3 cm³/mol. The van der Waals surface area contributed by atoms with Crippen LogP contribution in [-0.4, -0.2) is 29.7 Å².